The first-order valence-corrected chi connectivity index (χ1v) is 10.7. The van der Waals surface area contributed by atoms with Gasteiger partial charge in [-0.25, -0.2) is 17.5 Å². The molecule has 3 N–H and O–H groups in total. The summed E-state index contributed by atoms with van der Waals surface area (Å²) in [7, 11) is -3.87. The monoisotopic (exact) mass is 405 g/mol. The molecule has 1 heterocycles. The lowest BCUT2D eigenvalue weighted by atomic mass is 10.0. The van der Waals surface area contributed by atoms with E-state index in [4.69, 9.17) is 0 Å². The van der Waals surface area contributed by atoms with Crippen LogP contribution in [0.5, 0.6) is 0 Å². The molecule has 0 saturated carbocycles. The van der Waals surface area contributed by atoms with Crippen molar-refractivity contribution in [2.75, 3.05) is 6.54 Å². The van der Waals surface area contributed by atoms with Gasteiger partial charge in [-0.05, 0) is 56.1 Å². The van der Waals surface area contributed by atoms with Gasteiger partial charge in [-0.1, -0.05) is 30.3 Å². The molecule has 1 aliphatic rings. The van der Waals surface area contributed by atoms with Crippen LogP contribution in [-0.2, 0) is 14.8 Å². The van der Waals surface area contributed by atoms with Gasteiger partial charge >= 0.3 is 0 Å². The zero-order valence-electron chi connectivity index (χ0n) is 15.6. The molecule has 1 saturated heterocycles. The van der Waals surface area contributed by atoms with E-state index in [2.05, 4.69) is 15.4 Å². The van der Waals surface area contributed by atoms with Crippen LogP contribution in [0.3, 0.4) is 0 Å². The molecule has 2 aromatic rings. The van der Waals surface area contributed by atoms with Crippen LogP contribution in [-0.4, -0.2) is 33.0 Å². The fourth-order valence-corrected chi connectivity index (χ4v) is 4.57. The SMILES string of the molecule is C[C@@H](NS(=O)(=O)c1ccc(F)cc1)[C@@H](NC(=O)[C@@H]1CCCN1)c1ccccc1. The summed E-state index contributed by atoms with van der Waals surface area (Å²) >= 11 is 0. The Kier molecular flexibility index (Phi) is 6.43. The molecule has 0 unspecified atom stereocenters. The number of rotatable bonds is 7. The van der Waals surface area contributed by atoms with Crippen LogP contribution in [0.15, 0.2) is 59.5 Å². The van der Waals surface area contributed by atoms with Crippen molar-refractivity contribution in [3.63, 3.8) is 0 Å². The first-order valence-electron chi connectivity index (χ1n) is 9.23. The Balaban J connectivity index is 1.80. The molecule has 2 aromatic carbocycles. The Morgan fingerprint density at radius 1 is 1.14 bits per heavy atom. The van der Waals surface area contributed by atoms with Crippen molar-refractivity contribution in [1.29, 1.82) is 0 Å². The number of hydrogen-bond donors (Lipinski definition) is 3. The number of benzene rings is 2. The van der Waals surface area contributed by atoms with E-state index in [1.54, 1.807) is 6.92 Å². The summed E-state index contributed by atoms with van der Waals surface area (Å²) in [6.45, 7) is 2.49. The number of sulfonamides is 1. The zero-order chi connectivity index (χ0) is 20.1. The molecule has 28 heavy (non-hydrogen) atoms. The average Bonchev–Trinajstić information content (AvgIpc) is 3.21. The molecule has 1 fully saturated rings. The molecule has 0 spiro atoms. The fourth-order valence-electron chi connectivity index (χ4n) is 3.31. The molecule has 0 aromatic heterocycles. The molecule has 0 bridgehead atoms. The second-order valence-electron chi connectivity index (χ2n) is 6.91. The molecule has 0 aliphatic carbocycles. The number of hydrogen-bond acceptors (Lipinski definition) is 4. The fraction of sp³-hybridized carbons (Fsp3) is 0.350. The van der Waals surface area contributed by atoms with Gasteiger partial charge in [0.1, 0.15) is 5.82 Å². The van der Waals surface area contributed by atoms with E-state index in [-0.39, 0.29) is 16.8 Å². The van der Waals surface area contributed by atoms with Crippen molar-refractivity contribution < 1.29 is 17.6 Å². The molecule has 0 radical (unpaired) electrons. The Bertz CT molecular complexity index is 898. The minimum atomic E-state index is -3.87. The van der Waals surface area contributed by atoms with Gasteiger partial charge in [0.2, 0.25) is 15.9 Å². The highest BCUT2D eigenvalue weighted by atomic mass is 32.2. The highest BCUT2D eigenvalue weighted by Crippen LogP contribution is 2.20. The highest BCUT2D eigenvalue weighted by molar-refractivity contribution is 7.89. The average molecular weight is 405 g/mol. The molecule has 6 nitrogen and oxygen atoms in total. The van der Waals surface area contributed by atoms with E-state index in [0.29, 0.717) is 0 Å². The molecule has 3 rings (SSSR count). The van der Waals surface area contributed by atoms with Gasteiger partial charge in [-0.3, -0.25) is 4.79 Å². The van der Waals surface area contributed by atoms with Crippen molar-refractivity contribution in [2.45, 2.75) is 42.8 Å². The van der Waals surface area contributed by atoms with Gasteiger partial charge in [0.05, 0.1) is 17.0 Å². The summed E-state index contributed by atoms with van der Waals surface area (Å²) in [6.07, 6.45) is 1.68. The number of carbonyl (C=O) groups excluding carboxylic acids is 1. The minimum absolute atomic E-state index is 0.0312. The highest BCUT2D eigenvalue weighted by Gasteiger charge is 2.29. The third kappa shape index (κ3) is 4.95. The normalized spacial score (nSPS) is 19.1. The number of halogens is 1. The number of carbonyl (C=O) groups is 1. The lowest BCUT2D eigenvalue weighted by molar-refractivity contribution is -0.123. The standard InChI is InChI=1S/C20H24FN3O3S/c1-14(24-28(26,27)17-11-9-16(21)10-12-17)19(15-6-3-2-4-7-15)23-20(25)18-8-5-13-22-18/h2-4,6-7,9-12,14,18-19,22,24H,5,8,13H2,1H3,(H,23,25)/t14-,18+,19-/m1/s1. The van der Waals surface area contributed by atoms with E-state index in [9.17, 15) is 17.6 Å². The Labute approximate surface area is 164 Å². The smallest absolute Gasteiger partial charge is 0.240 e. The third-order valence-electron chi connectivity index (χ3n) is 4.80. The van der Waals surface area contributed by atoms with Crippen LogP contribution in [0.1, 0.15) is 31.4 Å². The van der Waals surface area contributed by atoms with Gasteiger partial charge in [0.15, 0.2) is 0 Å². The predicted molar refractivity (Wildman–Crippen MR) is 105 cm³/mol. The van der Waals surface area contributed by atoms with Gasteiger partial charge in [0, 0.05) is 6.04 Å². The molecular weight excluding hydrogens is 381 g/mol. The number of amides is 1. The second kappa shape index (κ2) is 8.81. The third-order valence-corrected chi connectivity index (χ3v) is 6.37. The molecule has 150 valence electrons. The summed E-state index contributed by atoms with van der Waals surface area (Å²) in [5.74, 6) is -0.662. The van der Waals surface area contributed by atoms with Crippen LogP contribution in [0.25, 0.3) is 0 Å². The first-order chi connectivity index (χ1) is 13.4. The molecule has 8 heteroatoms. The van der Waals surface area contributed by atoms with E-state index in [0.717, 1.165) is 37.1 Å². The Morgan fingerprint density at radius 3 is 2.43 bits per heavy atom. The van der Waals surface area contributed by atoms with E-state index >= 15 is 0 Å². The van der Waals surface area contributed by atoms with Crippen LogP contribution in [0.2, 0.25) is 0 Å². The van der Waals surface area contributed by atoms with Crippen LogP contribution < -0.4 is 15.4 Å². The van der Waals surface area contributed by atoms with Crippen molar-refractivity contribution in [1.82, 2.24) is 15.4 Å². The molecule has 1 amide bonds. The van der Waals surface area contributed by atoms with Crippen molar-refractivity contribution in [2.24, 2.45) is 0 Å². The lowest BCUT2D eigenvalue weighted by Gasteiger charge is -2.27. The van der Waals surface area contributed by atoms with E-state index in [1.165, 1.54) is 12.1 Å². The second-order valence-corrected chi connectivity index (χ2v) is 8.62. The maximum absolute atomic E-state index is 13.1. The maximum Gasteiger partial charge on any atom is 0.240 e. The summed E-state index contributed by atoms with van der Waals surface area (Å²) in [5, 5.41) is 6.12. The van der Waals surface area contributed by atoms with E-state index < -0.39 is 27.9 Å². The van der Waals surface area contributed by atoms with Crippen molar-refractivity contribution >= 4 is 15.9 Å². The maximum atomic E-state index is 13.1. The molecule has 1 aliphatic heterocycles. The largest absolute Gasteiger partial charge is 0.346 e. The zero-order valence-corrected chi connectivity index (χ0v) is 16.4. The summed E-state index contributed by atoms with van der Waals surface area (Å²) in [4.78, 5) is 12.6. The summed E-state index contributed by atoms with van der Waals surface area (Å²) < 4.78 is 41.1. The summed E-state index contributed by atoms with van der Waals surface area (Å²) in [6, 6.07) is 12.4. The quantitative estimate of drug-likeness (QED) is 0.658. The molecule has 3 atom stereocenters. The first kappa shape index (κ1) is 20.4. The van der Waals surface area contributed by atoms with Gasteiger partial charge in [0.25, 0.3) is 0 Å². The van der Waals surface area contributed by atoms with Crippen LogP contribution >= 0.6 is 0 Å². The van der Waals surface area contributed by atoms with Crippen LogP contribution in [0.4, 0.5) is 4.39 Å². The van der Waals surface area contributed by atoms with Crippen molar-refractivity contribution in [3.05, 3.63) is 66.0 Å². The number of nitrogens with one attached hydrogen (secondary N) is 3. The van der Waals surface area contributed by atoms with Crippen molar-refractivity contribution in [3.8, 4) is 0 Å². The van der Waals surface area contributed by atoms with E-state index in [1.807, 2.05) is 30.3 Å². The van der Waals surface area contributed by atoms with Gasteiger partial charge in [-0.2, -0.15) is 0 Å². The van der Waals surface area contributed by atoms with Crippen LogP contribution in [0, 0.1) is 5.82 Å². The predicted octanol–water partition coefficient (Wildman–Crippen LogP) is 2.10. The van der Waals surface area contributed by atoms with Gasteiger partial charge < -0.3 is 10.6 Å². The molecular formula is C20H24FN3O3S. The minimum Gasteiger partial charge on any atom is -0.346 e. The topological polar surface area (TPSA) is 87.3 Å². The Morgan fingerprint density at radius 2 is 1.82 bits per heavy atom. The summed E-state index contributed by atoms with van der Waals surface area (Å²) in [5.41, 5.74) is 0.795. The van der Waals surface area contributed by atoms with Gasteiger partial charge in [-0.15, -0.1) is 0 Å². The Hall–Kier alpha value is -2.29. The lowest BCUT2D eigenvalue weighted by Crippen LogP contribution is -2.48.